The van der Waals surface area contributed by atoms with Crippen molar-refractivity contribution < 1.29 is 0 Å². The van der Waals surface area contributed by atoms with Crippen LogP contribution in [0.25, 0.3) is 0 Å². The van der Waals surface area contributed by atoms with E-state index in [0.717, 1.165) is 6.54 Å². The fraction of sp³-hybridized carbons (Fsp3) is 0.600. The van der Waals surface area contributed by atoms with Crippen molar-refractivity contribution in [3.05, 3.63) is 33.9 Å². The Hall–Kier alpha value is -0.820. The van der Waals surface area contributed by atoms with Gasteiger partial charge < -0.3 is 5.73 Å². The average molecular weight is 219 g/mol. The van der Waals surface area contributed by atoms with E-state index in [0.29, 0.717) is 5.92 Å². The molecular formula is C15H25N. The van der Waals surface area contributed by atoms with Crippen LogP contribution in [0.4, 0.5) is 0 Å². The summed E-state index contributed by atoms with van der Waals surface area (Å²) in [6, 6.07) is 2.29. The summed E-state index contributed by atoms with van der Waals surface area (Å²) in [5.41, 5.74) is 13.1. The molecule has 0 bridgehead atoms. The maximum atomic E-state index is 5.93. The van der Waals surface area contributed by atoms with E-state index in [-0.39, 0.29) is 0 Å². The maximum Gasteiger partial charge on any atom is -0.000803 e. The third kappa shape index (κ3) is 2.46. The molecule has 0 aliphatic carbocycles. The first-order valence-electron chi connectivity index (χ1n) is 6.30. The zero-order valence-electron chi connectivity index (χ0n) is 11.4. The normalized spacial score (nSPS) is 12.9. The zero-order chi connectivity index (χ0) is 12.3. The van der Waals surface area contributed by atoms with Crippen LogP contribution in [0.3, 0.4) is 0 Å². The average Bonchev–Trinajstić information content (AvgIpc) is 2.25. The predicted octanol–water partition coefficient (Wildman–Crippen LogP) is 3.76. The summed E-state index contributed by atoms with van der Waals surface area (Å²) in [5.74, 6) is 0.531. The van der Waals surface area contributed by atoms with Gasteiger partial charge in [0, 0.05) is 0 Å². The second-order valence-electron chi connectivity index (χ2n) is 4.90. The first-order chi connectivity index (χ1) is 7.52. The smallest absolute Gasteiger partial charge is 0.000803 e. The van der Waals surface area contributed by atoms with E-state index in [1.165, 1.54) is 40.7 Å². The molecule has 1 atom stereocenters. The lowest BCUT2D eigenvalue weighted by Crippen LogP contribution is -2.16. The molecule has 1 rings (SSSR count). The number of aryl methyl sites for hydroxylation is 2. The predicted molar refractivity (Wildman–Crippen MR) is 72.1 cm³/mol. The highest BCUT2D eigenvalue weighted by molar-refractivity contribution is 5.46. The highest BCUT2D eigenvalue weighted by Crippen LogP contribution is 2.30. The van der Waals surface area contributed by atoms with Crippen LogP contribution in [0.5, 0.6) is 0 Å². The van der Waals surface area contributed by atoms with E-state index in [2.05, 4.69) is 40.7 Å². The Kier molecular flexibility index (Phi) is 4.55. The SMILES string of the molecule is CCCC(CN)c1c(C)c(C)cc(C)c1C. The Morgan fingerprint density at radius 2 is 1.56 bits per heavy atom. The summed E-state index contributed by atoms with van der Waals surface area (Å²) in [5, 5.41) is 0. The number of rotatable bonds is 4. The Morgan fingerprint density at radius 1 is 1.06 bits per heavy atom. The summed E-state index contributed by atoms with van der Waals surface area (Å²) in [6.07, 6.45) is 2.40. The minimum atomic E-state index is 0.531. The lowest BCUT2D eigenvalue weighted by molar-refractivity contribution is 0.615. The van der Waals surface area contributed by atoms with Crippen LogP contribution >= 0.6 is 0 Å². The molecule has 1 heteroatoms. The third-order valence-electron chi connectivity index (χ3n) is 3.75. The summed E-state index contributed by atoms with van der Waals surface area (Å²) in [4.78, 5) is 0. The van der Waals surface area contributed by atoms with Crippen LogP contribution < -0.4 is 5.73 Å². The van der Waals surface area contributed by atoms with E-state index in [1.807, 2.05) is 0 Å². The molecular weight excluding hydrogens is 194 g/mol. The van der Waals surface area contributed by atoms with Crippen LogP contribution in [0, 0.1) is 27.7 Å². The fourth-order valence-electron chi connectivity index (χ4n) is 2.59. The molecule has 2 N–H and O–H groups in total. The van der Waals surface area contributed by atoms with Gasteiger partial charge in [-0.25, -0.2) is 0 Å². The molecule has 0 aliphatic heterocycles. The van der Waals surface area contributed by atoms with Gasteiger partial charge in [-0.05, 0) is 74.4 Å². The number of hydrogen-bond donors (Lipinski definition) is 1. The number of nitrogens with two attached hydrogens (primary N) is 1. The summed E-state index contributed by atoms with van der Waals surface area (Å²) in [7, 11) is 0. The fourth-order valence-corrected chi connectivity index (χ4v) is 2.59. The van der Waals surface area contributed by atoms with Gasteiger partial charge in [0.2, 0.25) is 0 Å². The van der Waals surface area contributed by atoms with Crippen LogP contribution in [0.15, 0.2) is 6.07 Å². The van der Waals surface area contributed by atoms with Crippen LogP contribution in [-0.4, -0.2) is 6.54 Å². The zero-order valence-corrected chi connectivity index (χ0v) is 11.4. The third-order valence-corrected chi connectivity index (χ3v) is 3.75. The molecule has 90 valence electrons. The lowest BCUT2D eigenvalue weighted by Gasteiger charge is -2.22. The van der Waals surface area contributed by atoms with Gasteiger partial charge in [-0.3, -0.25) is 0 Å². The molecule has 0 amide bonds. The van der Waals surface area contributed by atoms with E-state index in [9.17, 15) is 0 Å². The van der Waals surface area contributed by atoms with Crippen molar-refractivity contribution in [2.75, 3.05) is 6.54 Å². The maximum absolute atomic E-state index is 5.93. The molecule has 0 fully saturated rings. The molecule has 0 aliphatic rings. The van der Waals surface area contributed by atoms with Gasteiger partial charge in [-0.15, -0.1) is 0 Å². The van der Waals surface area contributed by atoms with Gasteiger partial charge in [0.15, 0.2) is 0 Å². The molecule has 16 heavy (non-hydrogen) atoms. The molecule has 0 saturated carbocycles. The Morgan fingerprint density at radius 3 is 1.94 bits per heavy atom. The molecule has 0 spiro atoms. The minimum absolute atomic E-state index is 0.531. The Labute approximate surface area is 100 Å². The summed E-state index contributed by atoms with van der Waals surface area (Å²) < 4.78 is 0. The molecule has 0 saturated heterocycles. The van der Waals surface area contributed by atoms with Crippen LogP contribution in [-0.2, 0) is 0 Å². The van der Waals surface area contributed by atoms with Crippen molar-refractivity contribution in [2.24, 2.45) is 5.73 Å². The topological polar surface area (TPSA) is 26.0 Å². The van der Waals surface area contributed by atoms with Crippen LogP contribution in [0.2, 0.25) is 0 Å². The van der Waals surface area contributed by atoms with E-state index in [1.54, 1.807) is 0 Å². The Balaban J connectivity index is 3.29. The lowest BCUT2D eigenvalue weighted by atomic mass is 9.84. The first kappa shape index (κ1) is 13.2. The molecule has 0 radical (unpaired) electrons. The monoisotopic (exact) mass is 219 g/mol. The van der Waals surface area contributed by atoms with E-state index in [4.69, 9.17) is 5.73 Å². The van der Waals surface area contributed by atoms with Crippen molar-refractivity contribution in [2.45, 2.75) is 53.4 Å². The highest BCUT2D eigenvalue weighted by atomic mass is 14.5. The molecule has 0 heterocycles. The van der Waals surface area contributed by atoms with Crippen molar-refractivity contribution in [3.63, 3.8) is 0 Å². The molecule has 1 unspecified atom stereocenters. The quantitative estimate of drug-likeness (QED) is 0.819. The molecule has 1 nitrogen and oxygen atoms in total. The van der Waals surface area contributed by atoms with E-state index >= 15 is 0 Å². The second-order valence-corrected chi connectivity index (χ2v) is 4.90. The summed E-state index contributed by atoms with van der Waals surface area (Å²) >= 11 is 0. The number of benzene rings is 1. The first-order valence-corrected chi connectivity index (χ1v) is 6.30. The standard InChI is InChI=1S/C15H25N/c1-6-7-14(9-16)15-12(4)10(2)8-11(3)13(15)5/h8,14H,6-7,9,16H2,1-5H3. The van der Waals surface area contributed by atoms with Crippen molar-refractivity contribution >= 4 is 0 Å². The number of hydrogen-bond acceptors (Lipinski definition) is 1. The van der Waals surface area contributed by atoms with Crippen molar-refractivity contribution in [1.29, 1.82) is 0 Å². The van der Waals surface area contributed by atoms with Crippen molar-refractivity contribution in [1.82, 2.24) is 0 Å². The van der Waals surface area contributed by atoms with Crippen molar-refractivity contribution in [3.8, 4) is 0 Å². The largest absolute Gasteiger partial charge is 0.330 e. The van der Waals surface area contributed by atoms with Gasteiger partial charge in [-0.2, -0.15) is 0 Å². The van der Waals surface area contributed by atoms with Crippen LogP contribution in [0.1, 0.15) is 53.5 Å². The summed E-state index contributed by atoms with van der Waals surface area (Å²) in [6.45, 7) is 11.9. The minimum Gasteiger partial charge on any atom is -0.330 e. The molecule has 1 aromatic rings. The molecule has 0 aromatic heterocycles. The molecule has 1 aromatic carbocycles. The van der Waals surface area contributed by atoms with Gasteiger partial charge in [0.1, 0.15) is 0 Å². The second kappa shape index (κ2) is 5.49. The Bertz CT molecular complexity index is 340. The van der Waals surface area contributed by atoms with Gasteiger partial charge in [0.25, 0.3) is 0 Å². The van der Waals surface area contributed by atoms with Gasteiger partial charge >= 0.3 is 0 Å². The van der Waals surface area contributed by atoms with Gasteiger partial charge in [-0.1, -0.05) is 19.4 Å². The van der Waals surface area contributed by atoms with E-state index < -0.39 is 0 Å². The van der Waals surface area contributed by atoms with Gasteiger partial charge in [0.05, 0.1) is 0 Å². The highest BCUT2D eigenvalue weighted by Gasteiger charge is 2.16.